The van der Waals surface area contributed by atoms with Crippen molar-refractivity contribution in [3.8, 4) is 16.9 Å². The molecule has 2 aromatic rings. The number of carbonyl (C=O) groups excluding carboxylic acids is 4. The van der Waals surface area contributed by atoms with E-state index in [-0.39, 0.29) is 36.3 Å². The highest BCUT2D eigenvalue weighted by molar-refractivity contribution is 6.24. The summed E-state index contributed by atoms with van der Waals surface area (Å²) in [6.45, 7) is -1.19. The zero-order valence-electron chi connectivity index (χ0n) is 23.3. The van der Waals surface area contributed by atoms with Gasteiger partial charge in [0.05, 0.1) is 11.6 Å². The molecular weight excluding hydrogens is 565 g/mol. The van der Waals surface area contributed by atoms with Crippen molar-refractivity contribution in [2.24, 2.45) is 17.6 Å². The van der Waals surface area contributed by atoms with Crippen molar-refractivity contribution in [1.29, 1.82) is 0 Å². The highest BCUT2D eigenvalue weighted by atomic mass is 19.1. The molecule has 0 bridgehead atoms. The number of carbonyl (C=O) groups is 4. The van der Waals surface area contributed by atoms with Gasteiger partial charge in [0.1, 0.15) is 36.1 Å². The van der Waals surface area contributed by atoms with E-state index in [9.17, 15) is 44.0 Å². The van der Waals surface area contributed by atoms with E-state index in [2.05, 4.69) is 10.1 Å². The highest BCUT2D eigenvalue weighted by Crippen LogP contribution is 2.53. The number of likely N-dealkylation sites (N-methyl/N-ethyl adjacent to an activating group) is 1. The van der Waals surface area contributed by atoms with Crippen LogP contribution < -0.4 is 11.1 Å². The van der Waals surface area contributed by atoms with Crippen molar-refractivity contribution >= 4 is 35.0 Å². The summed E-state index contributed by atoms with van der Waals surface area (Å²) in [5.74, 6) is -7.21. The van der Waals surface area contributed by atoms with Crippen molar-refractivity contribution in [3.63, 3.8) is 0 Å². The number of nitrogens with one attached hydrogen (secondary N) is 1. The quantitative estimate of drug-likeness (QED) is 0.269. The molecule has 0 saturated heterocycles. The van der Waals surface area contributed by atoms with Gasteiger partial charge in [0, 0.05) is 17.2 Å². The van der Waals surface area contributed by atoms with Crippen LogP contribution in [-0.4, -0.2) is 87.9 Å². The van der Waals surface area contributed by atoms with Crippen LogP contribution in [0.5, 0.6) is 5.75 Å². The zero-order valence-corrected chi connectivity index (χ0v) is 23.3. The van der Waals surface area contributed by atoms with Crippen LogP contribution in [-0.2, 0) is 25.5 Å². The zero-order chi connectivity index (χ0) is 31.4. The first-order valence-corrected chi connectivity index (χ1v) is 13.4. The lowest BCUT2D eigenvalue weighted by Gasteiger charge is -2.50. The third-order valence-corrected chi connectivity index (χ3v) is 8.36. The number of phenolic OH excluding ortho intramolecular Hbond substituents is 1. The summed E-state index contributed by atoms with van der Waals surface area (Å²) in [5.41, 5.74) is 3.59. The molecule has 5 rings (SSSR count). The van der Waals surface area contributed by atoms with Gasteiger partial charge in [0.15, 0.2) is 11.4 Å². The van der Waals surface area contributed by atoms with E-state index in [0.717, 1.165) is 0 Å². The summed E-state index contributed by atoms with van der Waals surface area (Å²) in [5, 5.41) is 47.3. The lowest BCUT2D eigenvalue weighted by atomic mass is 9.57. The number of alkyl halides is 1. The summed E-state index contributed by atoms with van der Waals surface area (Å²) in [4.78, 5) is 52.5. The molecule has 2 aromatic carbocycles. The highest BCUT2D eigenvalue weighted by Gasteiger charge is 2.64. The number of anilines is 1. The van der Waals surface area contributed by atoms with E-state index < -0.39 is 70.8 Å². The maximum absolute atomic E-state index is 14.0. The number of primary amides is 1. The molecule has 13 heteroatoms. The number of aliphatic hydroxyl groups is 3. The largest absolute Gasteiger partial charge is 0.508 e. The molecule has 0 radical (unpaired) electrons. The molecule has 0 heterocycles. The van der Waals surface area contributed by atoms with Gasteiger partial charge in [-0.1, -0.05) is 18.2 Å². The molecule has 43 heavy (non-hydrogen) atoms. The smallest absolute Gasteiger partial charge is 0.411 e. The van der Waals surface area contributed by atoms with Crippen LogP contribution in [0.3, 0.4) is 0 Å². The van der Waals surface area contributed by atoms with E-state index in [1.807, 2.05) is 0 Å². The number of aliphatic hydroxyl groups excluding tert-OH is 2. The van der Waals surface area contributed by atoms with Gasteiger partial charge in [0.25, 0.3) is 5.91 Å². The molecule has 226 valence electrons. The van der Waals surface area contributed by atoms with Crippen molar-refractivity contribution < 1.29 is 48.7 Å². The lowest BCUT2D eigenvalue weighted by Crippen LogP contribution is -2.65. The molecule has 3 aliphatic carbocycles. The van der Waals surface area contributed by atoms with Crippen LogP contribution in [0.4, 0.5) is 14.9 Å². The number of aromatic hydroxyl groups is 1. The molecule has 0 unspecified atom stereocenters. The van der Waals surface area contributed by atoms with Gasteiger partial charge in [-0.15, -0.1) is 0 Å². The van der Waals surface area contributed by atoms with Crippen LogP contribution in [0.1, 0.15) is 17.5 Å². The first-order chi connectivity index (χ1) is 20.3. The number of amides is 2. The molecule has 7 N–H and O–H groups in total. The third-order valence-electron chi connectivity index (χ3n) is 8.36. The second kappa shape index (κ2) is 10.8. The molecule has 0 aromatic heterocycles. The Kier molecular flexibility index (Phi) is 7.48. The Labute approximate surface area is 244 Å². The van der Waals surface area contributed by atoms with Crippen molar-refractivity contribution in [2.45, 2.75) is 24.5 Å². The maximum Gasteiger partial charge on any atom is 0.411 e. The van der Waals surface area contributed by atoms with Crippen LogP contribution in [0.25, 0.3) is 16.9 Å². The average Bonchev–Trinajstić information content (AvgIpc) is 2.94. The van der Waals surface area contributed by atoms with E-state index in [1.54, 1.807) is 30.3 Å². The van der Waals surface area contributed by atoms with Gasteiger partial charge in [-0.25, -0.2) is 9.18 Å². The number of hydrogen-bond acceptors (Lipinski definition) is 10. The Morgan fingerprint density at radius 1 is 1.12 bits per heavy atom. The van der Waals surface area contributed by atoms with Gasteiger partial charge in [-0.05, 0) is 67.7 Å². The van der Waals surface area contributed by atoms with Crippen molar-refractivity contribution in [3.05, 3.63) is 64.4 Å². The molecule has 1 saturated carbocycles. The number of ketones is 2. The monoisotopic (exact) mass is 595 g/mol. The van der Waals surface area contributed by atoms with Crippen molar-refractivity contribution in [1.82, 2.24) is 4.90 Å². The summed E-state index contributed by atoms with van der Waals surface area (Å²) in [7, 11) is 3.06. The number of rotatable bonds is 6. The van der Waals surface area contributed by atoms with Gasteiger partial charge >= 0.3 is 6.09 Å². The van der Waals surface area contributed by atoms with Gasteiger partial charge in [-0.2, -0.15) is 0 Å². The Bertz CT molecular complexity index is 1620. The fourth-order valence-electron chi connectivity index (χ4n) is 6.53. The number of hydrogen-bond donors (Lipinski definition) is 6. The minimum atomic E-state index is -2.72. The van der Waals surface area contributed by atoms with Gasteiger partial charge in [-0.3, -0.25) is 24.6 Å². The number of halogens is 1. The van der Waals surface area contributed by atoms with Crippen molar-refractivity contribution in [2.75, 3.05) is 32.7 Å². The number of nitrogens with zero attached hydrogens (tertiary/aromatic N) is 1. The summed E-state index contributed by atoms with van der Waals surface area (Å²) in [6, 6.07) is 8.30. The summed E-state index contributed by atoms with van der Waals surface area (Å²) >= 11 is 0. The Balaban J connectivity index is 1.59. The van der Waals surface area contributed by atoms with Gasteiger partial charge in [0.2, 0.25) is 5.78 Å². The van der Waals surface area contributed by atoms with Crippen LogP contribution >= 0.6 is 0 Å². The van der Waals surface area contributed by atoms with Crippen LogP contribution in [0, 0.1) is 11.8 Å². The van der Waals surface area contributed by atoms with E-state index >= 15 is 0 Å². The first kappa shape index (κ1) is 29.7. The molecule has 0 aliphatic heterocycles. The average molecular weight is 596 g/mol. The van der Waals surface area contributed by atoms with Crippen LogP contribution in [0.2, 0.25) is 0 Å². The molecule has 0 spiro atoms. The molecular formula is C30H30FN3O9. The first-order valence-electron chi connectivity index (χ1n) is 13.4. The molecule has 3 aliphatic rings. The number of nitrogens with two attached hydrogens (primary N) is 1. The summed E-state index contributed by atoms with van der Waals surface area (Å²) < 4.78 is 16.9. The maximum atomic E-state index is 14.0. The minimum absolute atomic E-state index is 0.0363. The van der Waals surface area contributed by atoms with E-state index in [4.69, 9.17) is 5.73 Å². The second-order valence-corrected chi connectivity index (χ2v) is 11.0. The number of benzene rings is 2. The predicted octanol–water partition coefficient (Wildman–Crippen LogP) is 2.15. The minimum Gasteiger partial charge on any atom is -0.508 e. The molecule has 12 nitrogen and oxygen atoms in total. The van der Waals surface area contributed by atoms with Crippen LogP contribution in [0.15, 0.2) is 53.3 Å². The number of Topliss-reactive ketones (excluding diaryl/α,β-unsaturated/α-hetero) is 2. The molecule has 4 atom stereocenters. The number of ether oxygens (including phenoxy) is 1. The SMILES string of the molecule is CN(C)[C@H]1C(=O)C(C(N)=O)=C(O)[C@@]2(O)C(=O)C3=C(O)c4c(O)ccc(-c5ccc(NC(=O)OCCF)cc5)c4C[C@H]3C[C@H]12. The van der Waals surface area contributed by atoms with E-state index in [1.165, 1.54) is 25.1 Å². The fraction of sp³-hybridized carbons (Fsp3) is 0.333. The predicted molar refractivity (Wildman–Crippen MR) is 151 cm³/mol. The lowest BCUT2D eigenvalue weighted by molar-refractivity contribution is -0.153. The Morgan fingerprint density at radius 2 is 1.79 bits per heavy atom. The third kappa shape index (κ3) is 4.61. The summed E-state index contributed by atoms with van der Waals surface area (Å²) in [6.07, 6.45) is -0.739. The molecule has 1 fully saturated rings. The second-order valence-electron chi connectivity index (χ2n) is 11.0. The normalized spacial score (nSPS) is 24.8. The standard InChI is InChI=1S/C30H30FN3O9/c1-34(2)23-18-12-14-11-17-16(13-3-5-15(6-4-13)33-29(41)43-10-9-31)7-8-19(35)21(17)24(36)20(14)26(38)30(18,42)27(39)22(25(23)37)28(32)40/h3-8,14,18,23,35-36,39,42H,9-12H2,1-2H3,(H2,32,40)(H,33,41)/t14-,18+,23+,30-/m0/s1. The fourth-order valence-corrected chi connectivity index (χ4v) is 6.53. The van der Waals surface area contributed by atoms with Gasteiger partial charge < -0.3 is 30.9 Å². The number of fused-ring (bicyclic) bond motifs is 3. The van der Waals surface area contributed by atoms with E-state index in [0.29, 0.717) is 22.4 Å². The Morgan fingerprint density at radius 3 is 2.40 bits per heavy atom. The number of phenols is 1. The molecule has 2 amide bonds. The Hall–Kier alpha value is -4.75. The topological polar surface area (TPSA) is 200 Å².